The molecule has 0 spiro atoms. The van der Waals surface area contributed by atoms with Gasteiger partial charge < -0.3 is 4.13 Å². The molecule has 0 atom stereocenters. The molecule has 2 amide bonds. The summed E-state index contributed by atoms with van der Waals surface area (Å²) < 4.78 is 55.0. The Balaban J connectivity index is 3.09. The summed E-state index contributed by atoms with van der Waals surface area (Å²) in [4.78, 5) is 21.6. The van der Waals surface area contributed by atoms with Gasteiger partial charge in [-0.05, 0) is 0 Å². The van der Waals surface area contributed by atoms with E-state index in [9.17, 15) is 30.3 Å². The first kappa shape index (κ1) is 11.7. The number of carbonyl (C=O) groups is 2. The van der Waals surface area contributed by atoms with Gasteiger partial charge in [0, 0.05) is 12.2 Å². The summed E-state index contributed by atoms with van der Waals surface area (Å²) in [5, 5.41) is 0. The average Bonchev–Trinajstić information content (AvgIpc) is 2.25. The van der Waals surface area contributed by atoms with Crippen molar-refractivity contribution in [3.8, 4) is 0 Å². The zero-order valence-electron chi connectivity index (χ0n) is 6.69. The molecular weight excluding hydrogens is 255 g/mol. The van der Waals surface area contributed by atoms with Crippen molar-refractivity contribution in [3.63, 3.8) is 0 Å². The Bertz CT molecular complexity index is 528. The van der Waals surface area contributed by atoms with E-state index in [1.54, 1.807) is 4.13 Å². The van der Waals surface area contributed by atoms with Gasteiger partial charge in [0.15, 0.2) is 10.2 Å². The molecule has 15 heavy (non-hydrogen) atoms. The average molecular weight is 257 g/mol. The molecule has 1 aliphatic rings. The molecular formula is C4H2FN2O6S2-. The number of hydrogen-bond donors (Lipinski definition) is 0. The highest BCUT2D eigenvalue weighted by molar-refractivity contribution is 8.09. The molecule has 0 aromatic rings. The highest BCUT2D eigenvalue weighted by Gasteiger charge is 2.31. The van der Waals surface area contributed by atoms with Crippen molar-refractivity contribution in [2.24, 2.45) is 0 Å². The molecule has 11 heteroatoms. The molecule has 0 radical (unpaired) electrons. The summed E-state index contributed by atoms with van der Waals surface area (Å²) in [7, 11) is -10.9. The Morgan fingerprint density at radius 2 is 1.47 bits per heavy atom. The van der Waals surface area contributed by atoms with Gasteiger partial charge in [0.25, 0.3) is 11.8 Å². The van der Waals surface area contributed by atoms with Crippen molar-refractivity contribution in [1.29, 1.82) is 0 Å². The van der Waals surface area contributed by atoms with Gasteiger partial charge in [-0.3, -0.25) is 9.59 Å². The predicted octanol–water partition coefficient (Wildman–Crippen LogP) is -1.26. The van der Waals surface area contributed by atoms with Crippen molar-refractivity contribution in [2.45, 2.75) is 0 Å². The molecule has 1 heterocycles. The largest absolute Gasteiger partial charge is 0.389 e. The molecule has 0 saturated heterocycles. The van der Waals surface area contributed by atoms with Crippen LogP contribution in [0.4, 0.5) is 3.89 Å². The lowest BCUT2D eigenvalue weighted by Gasteiger charge is -2.21. The van der Waals surface area contributed by atoms with Crippen LogP contribution >= 0.6 is 0 Å². The fraction of sp³-hybridized carbons (Fsp3) is 0. The maximum Gasteiger partial charge on any atom is 0.266 e. The van der Waals surface area contributed by atoms with Crippen LogP contribution in [0.25, 0.3) is 4.13 Å². The molecule has 1 rings (SSSR count). The predicted molar refractivity (Wildman–Crippen MR) is 43.3 cm³/mol. The van der Waals surface area contributed by atoms with Gasteiger partial charge in [-0.1, -0.05) is 0 Å². The summed E-state index contributed by atoms with van der Waals surface area (Å²) in [5.41, 5.74) is 0. The van der Waals surface area contributed by atoms with Gasteiger partial charge in [-0.15, -0.1) is 3.89 Å². The molecule has 8 nitrogen and oxygen atoms in total. The third-order valence-electron chi connectivity index (χ3n) is 1.18. The number of carbonyl (C=O) groups excluding carboxylic acids is 2. The van der Waals surface area contributed by atoms with E-state index in [2.05, 4.69) is 0 Å². The summed E-state index contributed by atoms with van der Waals surface area (Å²) >= 11 is 0. The number of amides is 2. The number of nitrogens with zero attached hydrogens (tertiary/aromatic N) is 2. The minimum absolute atomic E-state index is 0.468. The molecule has 0 aromatic heterocycles. The molecule has 84 valence electrons. The van der Waals surface area contributed by atoms with E-state index in [0.717, 1.165) is 0 Å². The smallest absolute Gasteiger partial charge is 0.266 e. The zero-order chi connectivity index (χ0) is 11.9. The number of halogens is 1. The third kappa shape index (κ3) is 2.57. The van der Waals surface area contributed by atoms with E-state index >= 15 is 0 Å². The lowest BCUT2D eigenvalue weighted by Crippen LogP contribution is -2.35. The normalized spacial score (nSPS) is 17.5. The zero-order valence-corrected chi connectivity index (χ0v) is 8.33. The summed E-state index contributed by atoms with van der Waals surface area (Å²) in [6, 6.07) is 0. The van der Waals surface area contributed by atoms with Crippen molar-refractivity contribution >= 4 is 32.4 Å². The van der Waals surface area contributed by atoms with E-state index in [4.69, 9.17) is 0 Å². The topological polar surface area (TPSA) is 120 Å². The first-order chi connectivity index (χ1) is 6.63. The van der Waals surface area contributed by atoms with Gasteiger partial charge in [0.05, 0.1) is 0 Å². The van der Waals surface area contributed by atoms with Crippen LogP contribution in [0, 0.1) is 0 Å². The van der Waals surface area contributed by atoms with E-state index in [1.807, 2.05) is 0 Å². The van der Waals surface area contributed by atoms with Gasteiger partial charge in [-0.25, -0.2) is 16.8 Å². The van der Waals surface area contributed by atoms with Crippen LogP contribution in [-0.2, 0) is 30.2 Å². The Labute approximate surface area is 83.9 Å². The van der Waals surface area contributed by atoms with Crippen LogP contribution in [0.15, 0.2) is 12.2 Å². The Morgan fingerprint density at radius 3 is 1.80 bits per heavy atom. The Kier molecular flexibility index (Phi) is 2.63. The summed E-state index contributed by atoms with van der Waals surface area (Å²) in [6.45, 7) is 0. The van der Waals surface area contributed by atoms with Gasteiger partial charge in [0.2, 0.25) is 10.4 Å². The second kappa shape index (κ2) is 3.36. The van der Waals surface area contributed by atoms with Crippen molar-refractivity contribution in [3.05, 3.63) is 16.3 Å². The first-order valence-electron chi connectivity index (χ1n) is 3.13. The highest BCUT2D eigenvalue weighted by Crippen LogP contribution is 2.19. The second-order valence-electron chi connectivity index (χ2n) is 2.24. The maximum atomic E-state index is 11.9. The molecule has 0 saturated carbocycles. The van der Waals surface area contributed by atoms with Gasteiger partial charge >= 0.3 is 0 Å². The minimum atomic E-state index is -5.70. The summed E-state index contributed by atoms with van der Waals surface area (Å²) in [5.74, 6) is -2.63. The van der Waals surface area contributed by atoms with Gasteiger partial charge in [0.1, 0.15) is 0 Å². The van der Waals surface area contributed by atoms with Crippen molar-refractivity contribution in [1.82, 2.24) is 4.31 Å². The third-order valence-corrected chi connectivity index (χ3v) is 3.47. The van der Waals surface area contributed by atoms with Crippen LogP contribution < -0.4 is 0 Å². The van der Waals surface area contributed by atoms with E-state index in [1.165, 1.54) is 0 Å². The molecule has 1 aliphatic heterocycles. The standard InChI is InChI=1S/C4H2FN2O6S2/c5-14(10,11)6-15(12,13)7-3(8)1-2-4(7)9/h1-2H/q-1. The Morgan fingerprint density at radius 1 is 1.07 bits per heavy atom. The fourth-order valence-electron chi connectivity index (χ4n) is 0.760. The molecule has 0 aromatic carbocycles. The van der Waals surface area contributed by atoms with Crippen LogP contribution in [0.1, 0.15) is 0 Å². The Hall–Kier alpha value is -1.33. The lowest BCUT2D eigenvalue weighted by molar-refractivity contribution is -0.130. The van der Waals surface area contributed by atoms with E-state index < -0.39 is 36.7 Å². The summed E-state index contributed by atoms with van der Waals surface area (Å²) in [6.07, 6.45) is 1.17. The molecule has 0 aliphatic carbocycles. The number of imide groups is 1. The highest BCUT2D eigenvalue weighted by atomic mass is 32.3. The van der Waals surface area contributed by atoms with Crippen LogP contribution in [0.2, 0.25) is 0 Å². The first-order valence-corrected chi connectivity index (χ1v) is 5.87. The van der Waals surface area contributed by atoms with Crippen LogP contribution in [-0.4, -0.2) is 33.0 Å². The van der Waals surface area contributed by atoms with E-state index in [-0.39, 0.29) is 0 Å². The monoisotopic (exact) mass is 257 g/mol. The van der Waals surface area contributed by atoms with Crippen LogP contribution in [0.3, 0.4) is 0 Å². The van der Waals surface area contributed by atoms with E-state index in [0.29, 0.717) is 12.2 Å². The molecule has 0 unspecified atom stereocenters. The quantitative estimate of drug-likeness (QED) is 0.460. The fourth-order valence-corrected chi connectivity index (χ4v) is 2.50. The second-order valence-corrected chi connectivity index (χ2v) is 4.92. The maximum absolute atomic E-state index is 11.9. The van der Waals surface area contributed by atoms with Crippen molar-refractivity contribution in [2.75, 3.05) is 0 Å². The van der Waals surface area contributed by atoms with Gasteiger partial charge in [-0.2, -0.15) is 4.31 Å². The van der Waals surface area contributed by atoms with Crippen molar-refractivity contribution < 1.29 is 30.3 Å². The SMILES string of the molecule is O=C1C=CC(=O)N1S(=O)(=O)[N-]S(=O)(=O)F. The number of rotatable bonds is 3. The molecule has 0 bridgehead atoms. The van der Waals surface area contributed by atoms with Crippen LogP contribution in [0.5, 0.6) is 0 Å². The minimum Gasteiger partial charge on any atom is -0.389 e. The molecule has 0 fully saturated rings. The molecule has 0 N–H and O–H groups in total. The lowest BCUT2D eigenvalue weighted by atomic mass is 10.6. The number of hydrogen-bond acceptors (Lipinski definition) is 6.